The Kier molecular flexibility index (Phi) is 7.24. The van der Waals surface area contributed by atoms with Gasteiger partial charge in [-0.1, -0.05) is 35.3 Å². The third-order valence-corrected chi connectivity index (χ3v) is 8.93. The highest BCUT2D eigenvalue weighted by molar-refractivity contribution is 6.36. The van der Waals surface area contributed by atoms with Gasteiger partial charge < -0.3 is 14.9 Å². The van der Waals surface area contributed by atoms with Crippen molar-refractivity contribution in [1.82, 2.24) is 9.80 Å². The molecule has 2 heterocycles. The van der Waals surface area contributed by atoms with Gasteiger partial charge in [-0.05, 0) is 67.5 Å². The maximum atomic E-state index is 13.4. The summed E-state index contributed by atoms with van der Waals surface area (Å²) in [5, 5.41) is 10.8. The molecule has 9 heteroatoms. The first-order valence-corrected chi connectivity index (χ1v) is 13.6. The minimum absolute atomic E-state index is 0.0445. The van der Waals surface area contributed by atoms with Gasteiger partial charge in [-0.3, -0.25) is 9.59 Å². The second-order valence-corrected chi connectivity index (χ2v) is 11.4. The van der Waals surface area contributed by atoms with Crippen LogP contribution in [0.4, 0.5) is 8.78 Å². The molecule has 5 rings (SSSR count). The van der Waals surface area contributed by atoms with E-state index in [1.165, 1.54) is 4.90 Å². The van der Waals surface area contributed by atoms with Crippen LogP contribution in [0.15, 0.2) is 36.4 Å². The zero-order valence-electron chi connectivity index (χ0n) is 20.5. The normalized spacial score (nSPS) is 25.6. The van der Waals surface area contributed by atoms with Crippen molar-refractivity contribution in [3.8, 4) is 11.1 Å². The number of carbonyl (C=O) groups excluding carboxylic acids is 2. The number of piperidine rings is 1. The molecule has 2 aliphatic heterocycles. The summed E-state index contributed by atoms with van der Waals surface area (Å²) < 4.78 is 26.8. The molecule has 3 aliphatic rings. The number of alkyl halides is 2. The second kappa shape index (κ2) is 10.2. The van der Waals surface area contributed by atoms with Gasteiger partial charge in [0.05, 0.1) is 11.5 Å². The summed E-state index contributed by atoms with van der Waals surface area (Å²) >= 11 is 13.3. The fraction of sp³-hybridized carbons (Fsp3) is 0.500. The molecule has 1 saturated carbocycles. The Hall–Kier alpha value is -2.22. The molecule has 1 spiro atoms. The molecule has 2 amide bonds. The van der Waals surface area contributed by atoms with Crippen LogP contribution in [0.3, 0.4) is 0 Å². The average Bonchev–Trinajstić information content (AvgIpc) is 3.17. The lowest BCUT2D eigenvalue weighted by atomic mass is 9.72. The number of carbonyl (C=O) groups is 2. The molecule has 2 aromatic carbocycles. The van der Waals surface area contributed by atoms with Crippen molar-refractivity contribution in [2.24, 2.45) is 5.41 Å². The summed E-state index contributed by atoms with van der Waals surface area (Å²) in [7, 11) is 0. The second-order valence-electron chi connectivity index (χ2n) is 10.6. The van der Waals surface area contributed by atoms with E-state index in [0.717, 1.165) is 17.5 Å². The topological polar surface area (TPSA) is 60.9 Å². The number of likely N-dealkylation sites (tertiary alicyclic amines) is 2. The number of hydrogen-bond donors (Lipinski definition) is 1. The van der Waals surface area contributed by atoms with Crippen molar-refractivity contribution >= 4 is 35.0 Å². The Morgan fingerprint density at radius 1 is 0.919 bits per heavy atom. The molecule has 2 aromatic rings. The van der Waals surface area contributed by atoms with Gasteiger partial charge in [-0.25, -0.2) is 8.78 Å². The standard InChI is InChI=1S/C28H30Cl2F2N2O3/c29-23-15-20(18-1-3-19(4-2-18)25(36)33-13-10-28(31,32)11-14-33)16-24(30)22(23)17-34-12-9-27(26(34)37)7-5-21(35)6-8-27/h1-4,15-16,21,35H,5-14,17H2/t21-,27-. The van der Waals surface area contributed by atoms with E-state index in [0.29, 0.717) is 59.9 Å². The highest BCUT2D eigenvalue weighted by Gasteiger charge is 2.48. The summed E-state index contributed by atoms with van der Waals surface area (Å²) in [4.78, 5) is 29.2. The summed E-state index contributed by atoms with van der Waals surface area (Å²) in [6, 6.07) is 10.6. The van der Waals surface area contributed by atoms with Gasteiger partial charge in [0.25, 0.3) is 11.8 Å². The van der Waals surface area contributed by atoms with Gasteiger partial charge in [0.2, 0.25) is 5.91 Å². The summed E-state index contributed by atoms with van der Waals surface area (Å²) in [6.07, 6.45) is 2.60. The van der Waals surface area contributed by atoms with Gasteiger partial charge in [-0.15, -0.1) is 0 Å². The predicted octanol–water partition coefficient (Wildman–Crippen LogP) is 6.19. The molecule has 0 aromatic heterocycles. The number of hydrogen-bond acceptors (Lipinski definition) is 3. The van der Waals surface area contributed by atoms with Crippen molar-refractivity contribution in [3.63, 3.8) is 0 Å². The van der Waals surface area contributed by atoms with E-state index < -0.39 is 5.92 Å². The Labute approximate surface area is 225 Å². The van der Waals surface area contributed by atoms with Crippen LogP contribution in [-0.4, -0.2) is 58.4 Å². The van der Waals surface area contributed by atoms with Gasteiger partial charge in [0.1, 0.15) is 0 Å². The van der Waals surface area contributed by atoms with Gasteiger partial charge >= 0.3 is 0 Å². The molecule has 37 heavy (non-hydrogen) atoms. The van der Waals surface area contributed by atoms with Crippen LogP contribution in [0, 0.1) is 5.41 Å². The van der Waals surface area contributed by atoms with E-state index >= 15 is 0 Å². The Bertz CT molecular complexity index is 1160. The average molecular weight is 551 g/mol. The first-order valence-electron chi connectivity index (χ1n) is 12.8. The van der Waals surface area contributed by atoms with Crippen LogP contribution in [0.5, 0.6) is 0 Å². The van der Waals surface area contributed by atoms with Crippen molar-refractivity contribution in [1.29, 1.82) is 0 Å². The smallest absolute Gasteiger partial charge is 0.253 e. The lowest BCUT2D eigenvalue weighted by molar-refractivity contribution is -0.139. The highest BCUT2D eigenvalue weighted by Crippen LogP contribution is 2.46. The predicted molar refractivity (Wildman–Crippen MR) is 139 cm³/mol. The van der Waals surface area contributed by atoms with Crippen LogP contribution >= 0.6 is 23.2 Å². The van der Waals surface area contributed by atoms with E-state index in [1.54, 1.807) is 36.4 Å². The molecule has 198 valence electrons. The van der Waals surface area contributed by atoms with Crippen LogP contribution < -0.4 is 0 Å². The molecule has 1 N–H and O–H groups in total. The summed E-state index contributed by atoms with van der Waals surface area (Å²) in [6.45, 7) is 1.07. The third kappa shape index (κ3) is 5.36. The maximum absolute atomic E-state index is 13.4. The molecule has 0 atom stereocenters. The Balaban J connectivity index is 1.27. The molecule has 0 radical (unpaired) electrons. The third-order valence-electron chi connectivity index (χ3n) is 8.25. The molecule has 1 aliphatic carbocycles. The van der Waals surface area contributed by atoms with Gasteiger partial charge in [0.15, 0.2) is 0 Å². The fourth-order valence-corrected chi connectivity index (χ4v) is 6.41. The van der Waals surface area contributed by atoms with Crippen LogP contribution in [-0.2, 0) is 11.3 Å². The molecular formula is C28H30Cl2F2N2O3. The lowest BCUT2D eigenvalue weighted by Gasteiger charge is -2.34. The SMILES string of the molecule is O=C(c1ccc(-c2cc(Cl)c(CN3CC[C@]4(CC[C@@H](O)CC4)C3=O)c(Cl)c2)cc1)N1CCC(F)(F)CC1. The molecular weight excluding hydrogens is 521 g/mol. The van der Waals surface area contributed by atoms with E-state index in [4.69, 9.17) is 23.2 Å². The van der Waals surface area contributed by atoms with E-state index in [1.807, 2.05) is 4.90 Å². The van der Waals surface area contributed by atoms with Gasteiger partial charge in [0, 0.05) is 60.2 Å². The Morgan fingerprint density at radius 3 is 2.11 bits per heavy atom. The number of halogens is 4. The summed E-state index contributed by atoms with van der Waals surface area (Å²) in [5.41, 5.74) is 2.36. The maximum Gasteiger partial charge on any atom is 0.253 e. The number of aliphatic hydroxyl groups excluding tert-OH is 1. The van der Waals surface area contributed by atoms with Crippen LogP contribution in [0.25, 0.3) is 11.1 Å². The van der Waals surface area contributed by atoms with Crippen molar-refractivity contribution < 1.29 is 23.5 Å². The number of amides is 2. The van der Waals surface area contributed by atoms with Crippen molar-refractivity contribution in [2.75, 3.05) is 19.6 Å². The minimum atomic E-state index is -2.70. The van der Waals surface area contributed by atoms with E-state index in [-0.39, 0.29) is 49.3 Å². The molecule has 2 saturated heterocycles. The van der Waals surface area contributed by atoms with E-state index in [2.05, 4.69) is 0 Å². The zero-order valence-corrected chi connectivity index (χ0v) is 22.0. The lowest BCUT2D eigenvalue weighted by Crippen LogP contribution is -2.42. The fourth-order valence-electron chi connectivity index (χ4n) is 5.80. The van der Waals surface area contributed by atoms with Crippen molar-refractivity contribution in [2.45, 2.75) is 63.5 Å². The van der Waals surface area contributed by atoms with Gasteiger partial charge in [-0.2, -0.15) is 0 Å². The Morgan fingerprint density at radius 2 is 1.51 bits per heavy atom. The molecule has 0 unspecified atom stereocenters. The summed E-state index contributed by atoms with van der Waals surface area (Å²) in [5.74, 6) is -2.84. The van der Waals surface area contributed by atoms with Crippen LogP contribution in [0.1, 0.15) is 60.9 Å². The largest absolute Gasteiger partial charge is 0.393 e. The number of aliphatic hydroxyl groups is 1. The highest BCUT2D eigenvalue weighted by atomic mass is 35.5. The number of nitrogens with zero attached hydrogens (tertiary/aromatic N) is 2. The molecule has 3 fully saturated rings. The first kappa shape index (κ1) is 26.4. The number of rotatable bonds is 4. The molecule has 5 nitrogen and oxygen atoms in total. The first-order chi connectivity index (χ1) is 17.6. The quantitative estimate of drug-likeness (QED) is 0.494. The van der Waals surface area contributed by atoms with Crippen molar-refractivity contribution in [3.05, 3.63) is 57.6 Å². The minimum Gasteiger partial charge on any atom is -0.393 e. The molecule has 0 bridgehead atoms. The number of benzene rings is 2. The monoisotopic (exact) mass is 550 g/mol. The van der Waals surface area contributed by atoms with E-state index in [9.17, 15) is 23.5 Å². The van der Waals surface area contributed by atoms with Crippen LogP contribution in [0.2, 0.25) is 10.0 Å². The zero-order chi connectivity index (χ0) is 26.4.